The number of carbonyl (C=O) groups excluding carboxylic acids is 1. The van der Waals surface area contributed by atoms with Gasteiger partial charge in [0.2, 0.25) is 11.7 Å². The normalized spacial score (nSPS) is 13.6. The standard InChI is InChI=1S/C21H26N2O4/c1-25-18-12-17(13-19(26-2)21(18)27-3)22-20(24)9-11-23-10-8-15-6-4-5-7-16(15)14-23/h4-7,12-13H,8-11,14H2,1-3H3,(H,22,24). The third-order valence-electron chi connectivity index (χ3n) is 4.81. The van der Waals surface area contributed by atoms with Gasteiger partial charge in [-0.15, -0.1) is 0 Å². The summed E-state index contributed by atoms with van der Waals surface area (Å²) in [5.41, 5.74) is 3.39. The lowest BCUT2D eigenvalue weighted by molar-refractivity contribution is -0.116. The van der Waals surface area contributed by atoms with Crippen LogP contribution in [0.2, 0.25) is 0 Å². The van der Waals surface area contributed by atoms with Crippen LogP contribution in [0.5, 0.6) is 17.2 Å². The Balaban J connectivity index is 1.58. The molecule has 1 aliphatic heterocycles. The predicted molar refractivity (Wildman–Crippen MR) is 105 cm³/mol. The molecule has 0 aliphatic carbocycles. The van der Waals surface area contributed by atoms with Crippen molar-refractivity contribution in [1.82, 2.24) is 4.90 Å². The lowest BCUT2D eigenvalue weighted by Crippen LogP contribution is -2.33. The summed E-state index contributed by atoms with van der Waals surface area (Å²) in [7, 11) is 4.66. The topological polar surface area (TPSA) is 60.0 Å². The van der Waals surface area contributed by atoms with E-state index >= 15 is 0 Å². The molecule has 2 aromatic carbocycles. The van der Waals surface area contributed by atoms with E-state index in [1.165, 1.54) is 11.1 Å². The highest BCUT2D eigenvalue weighted by atomic mass is 16.5. The van der Waals surface area contributed by atoms with Crippen molar-refractivity contribution in [3.8, 4) is 17.2 Å². The third-order valence-corrected chi connectivity index (χ3v) is 4.81. The Morgan fingerprint density at radius 3 is 2.33 bits per heavy atom. The Labute approximate surface area is 160 Å². The molecule has 1 N–H and O–H groups in total. The summed E-state index contributed by atoms with van der Waals surface area (Å²) < 4.78 is 16.0. The van der Waals surface area contributed by atoms with Gasteiger partial charge >= 0.3 is 0 Å². The van der Waals surface area contributed by atoms with Crippen LogP contribution in [0, 0.1) is 0 Å². The molecule has 0 bridgehead atoms. The number of carbonyl (C=O) groups is 1. The highest BCUT2D eigenvalue weighted by molar-refractivity contribution is 5.91. The van der Waals surface area contributed by atoms with Gasteiger partial charge in [-0.05, 0) is 17.5 Å². The Kier molecular flexibility index (Phi) is 6.19. The molecule has 144 valence electrons. The number of amides is 1. The number of nitrogens with zero attached hydrogens (tertiary/aromatic N) is 1. The molecule has 0 radical (unpaired) electrons. The van der Waals surface area contributed by atoms with Crippen LogP contribution in [0.15, 0.2) is 36.4 Å². The molecular formula is C21H26N2O4. The smallest absolute Gasteiger partial charge is 0.225 e. The molecule has 6 heteroatoms. The highest BCUT2D eigenvalue weighted by Crippen LogP contribution is 2.39. The van der Waals surface area contributed by atoms with E-state index in [0.29, 0.717) is 29.4 Å². The SMILES string of the molecule is COc1cc(NC(=O)CCN2CCc3ccccc3C2)cc(OC)c1OC. The summed E-state index contributed by atoms with van der Waals surface area (Å²) in [6, 6.07) is 12.0. The molecular weight excluding hydrogens is 344 g/mol. The van der Waals surface area contributed by atoms with Gasteiger partial charge in [-0.2, -0.15) is 0 Å². The zero-order valence-corrected chi connectivity index (χ0v) is 16.1. The van der Waals surface area contributed by atoms with Crippen LogP contribution in [-0.2, 0) is 17.8 Å². The zero-order chi connectivity index (χ0) is 19.2. The summed E-state index contributed by atoms with van der Waals surface area (Å²) in [4.78, 5) is 14.7. The second kappa shape index (κ2) is 8.77. The van der Waals surface area contributed by atoms with Crippen molar-refractivity contribution in [2.24, 2.45) is 0 Å². The Morgan fingerprint density at radius 1 is 1.04 bits per heavy atom. The lowest BCUT2D eigenvalue weighted by atomic mass is 10.00. The van der Waals surface area contributed by atoms with Gasteiger partial charge in [0.15, 0.2) is 11.5 Å². The molecule has 0 fully saturated rings. The lowest BCUT2D eigenvalue weighted by Gasteiger charge is -2.28. The van der Waals surface area contributed by atoms with E-state index in [9.17, 15) is 4.79 Å². The minimum absolute atomic E-state index is 0.0388. The van der Waals surface area contributed by atoms with Crippen molar-refractivity contribution < 1.29 is 19.0 Å². The van der Waals surface area contributed by atoms with Crippen LogP contribution in [0.3, 0.4) is 0 Å². The first kappa shape index (κ1) is 19.0. The Morgan fingerprint density at radius 2 is 1.70 bits per heavy atom. The third kappa shape index (κ3) is 4.52. The van der Waals surface area contributed by atoms with Gasteiger partial charge in [0.25, 0.3) is 0 Å². The maximum atomic E-state index is 12.4. The average molecular weight is 370 g/mol. The average Bonchev–Trinajstić information content (AvgIpc) is 2.71. The highest BCUT2D eigenvalue weighted by Gasteiger charge is 2.17. The van der Waals surface area contributed by atoms with Gasteiger partial charge in [0.05, 0.1) is 21.3 Å². The minimum Gasteiger partial charge on any atom is -0.493 e. The fourth-order valence-electron chi connectivity index (χ4n) is 3.38. The number of hydrogen-bond donors (Lipinski definition) is 1. The van der Waals surface area contributed by atoms with Gasteiger partial charge in [-0.25, -0.2) is 0 Å². The predicted octanol–water partition coefficient (Wildman–Crippen LogP) is 3.10. The molecule has 0 saturated heterocycles. The Bertz CT molecular complexity index is 782. The molecule has 1 heterocycles. The number of fused-ring (bicyclic) bond motifs is 1. The first-order valence-electron chi connectivity index (χ1n) is 9.03. The molecule has 3 rings (SSSR count). The van der Waals surface area contributed by atoms with Gasteiger partial charge in [0.1, 0.15) is 0 Å². The second-order valence-electron chi connectivity index (χ2n) is 6.51. The summed E-state index contributed by atoms with van der Waals surface area (Å²) in [5, 5.41) is 2.92. The molecule has 27 heavy (non-hydrogen) atoms. The van der Waals surface area contributed by atoms with E-state index in [-0.39, 0.29) is 5.91 Å². The number of hydrogen-bond acceptors (Lipinski definition) is 5. The second-order valence-corrected chi connectivity index (χ2v) is 6.51. The van der Waals surface area contributed by atoms with Gasteiger partial charge in [-0.3, -0.25) is 9.69 Å². The molecule has 2 aromatic rings. The first-order valence-corrected chi connectivity index (χ1v) is 9.03. The Hall–Kier alpha value is -2.73. The van der Waals surface area contributed by atoms with E-state index in [0.717, 1.165) is 26.1 Å². The van der Waals surface area contributed by atoms with Crippen molar-refractivity contribution in [3.05, 3.63) is 47.5 Å². The number of ether oxygens (including phenoxy) is 3. The van der Waals surface area contributed by atoms with Crippen LogP contribution >= 0.6 is 0 Å². The quantitative estimate of drug-likeness (QED) is 0.812. The number of methoxy groups -OCH3 is 3. The summed E-state index contributed by atoms with van der Waals surface area (Å²) in [6.07, 6.45) is 1.46. The fraction of sp³-hybridized carbons (Fsp3) is 0.381. The number of benzene rings is 2. The van der Waals surface area contributed by atoms with Crippen molar-refractivity contribution in [2.45, 2.75) is 19.4 Å². The van der Waals surface area contributed by atoms with Crippen molar-refractivity contribution in [2.75, 3.05) is 39.7 Å². The van der Waals surface area contributed by atoms with E-state index < -0.39 is 0 Å². The van der Waals surface area contributed by atoms with Crippen LogP contribution in [0.1, 0.15) is 17.5 Å². The van der Waals surface area contributed by atoms with E-state index in [4.69, 9.17) is 14.2 Å². The monoisotopic (exact) mass is 370 g/mol. The van der Waals surface area contributed by atoms with E-state index in [1.54, 1.807) is 33.5 Å². The first-order chi connectivity index (χ1) is 13.1. The zero-order valence-electron chi connectivity index (χ0n) is 16.1. The molecule has 0 saturated carbocycles. The molecule has 1 amide bonds. The molecule has 0 aromatic heterocycles. The summed E-state index contributed by atoms with van der Waals surface area (Å²) in [5.74, 6) is 1.49. The van der Waals surface area contributed by atoms with Gasteiger partial charge < -0.3 is 19.5 Å². The summed E-state index contributed by atoms with van der Waals surface area (Å²) >= 11 is 0. The molecule has 0 atom stereocenters. The van der Waals surface area contributed by atoms with E-state index in [2.05, 4.69) is 34.5 Å². The van der Waals surface area contributed by atoms with Crippen LogP contribution < -0.4 is 19.5 Å². The maximum absolute atomic E-state index is 12.4. The summed E-state index contributed by atoms with van der Waals surface area (Å²) in [6.45, 7) is 2.60. The molecule has 6 nitrogen and oxygen atoms in total. The van der Waals surface area contributed by atoms with Crippen LogP contribution in [-0.4, -0.2) is 45.2 Å². The molecule has 0 spiro atoms. The molecule has 0 unspecified atom stereocenters. The van der Waals surface area contributed by atoms with E-state index in [1.807, 2.05) is 0 Å². The van der Waals surface area contributed by atoms with Crippen molar-refractivity contribution >= 4 is 11.6 Å². The fourth-order valence-corrected chi connectivity index (χ4v) is 3.38. The van der Waals surface area contributed by atoms with Crippen LogP contribution in [0.25, 0.3) is 0 Å². The van der Waals surface area contributed by atoms with Gasteiger partial charge in [-0.1, -0.05) is 24.3 Å². The van der Waals surface area contributed by atoms with Crippen molar-refractivity contribution in [1.29, 1.82) is 0 Å². The number of anilines is 1. The largest absolute Gasteiger partial charge is 0.493 e. The minimum atomic E-state index is -0.0388. The maximum Gasteiger partial charge on any atom is 0.225 e. The molecule has 1 aliphatic rings. The van der Waals surface area contributed by atoms with Gasteiger partial charge in [0, 0.05) is 43.9 Å². The van der Waals surface area contributed by atoms with Crippen LogP contribution in [0.4, 0.5) is 5.69 Å². The van der Waals surface area contributed by atoms with Crippen molar-refractivity contribution in [3.63, 3.8) is 0 Å². The number of rotatable bonds is 7. The number of nitrogens with one attached hydrogen (secondary N) is 1.